The summed E-state index contributed by atoms with van der Waals surface area (Å²) < 4.78 is 5.54. The molecule has 0 unspecified atom stereocenters. The molecule has 3 aromatic rings. The molecule has 118 valence electrons. The highest BCUT2D eigenvalue weighted by Crippen LogP contribution is 2.34. The van der Waals surface area contributed by atoms with Gasteiger partial charge in [0.25, 0.3) is 0 Å². The van der Waals surface area contributed by atoms with Crippen LogP contribution in [-0.4, -0.2) is 16.6 Å². The highest BCUT2D eigenvalue weighted by molar-refractivity contribution is 6.31. The number of ether oxygens (including phenoxy) is 1. The van der Waals surface area contributed by atoms with Crippen molar-refractivity contribution in [3.63, 3.8) is 0 Å². The van der Waals surface area contributed by atoms with Crippen LogP contribution >= 0.6 is 11.6 Å². The summed E-state index contributed by atoms with van der Waals surface area (Å²) in [4.78, 5) is 15.8. The number of halogens is 1. The number of carbonyl (C=O) groups excluding carboxylic acids is 1. The average Bonchev–Trinajstić information content (AvgIpc) is 2.85. The van der Waals surface area contributed by atoms with E-state index in [9.17, 15) is 4.79 Å². The maximum absolute atomic E-state index is 12.6. The van der Waals surface area contributed by atoms with Gasteiger partial charge < -0.3 is 9.72 Å². The fourth-order valence-corrected chi connectivity index (χ4v) is 2.72. The van der Waals surface area contributed by atoms with Crippen LogP contribution in [-0.2, 0) is 4.74 Å². The molecule has 23 heavy (non-hydrogen) atoms. The standard InChI is InChI=1S/C19H18ClNO2/c1-19(2,3)23-18(22)17-16(12-7-5-4-6-8-12)14-11-13(20)9-10-15(14)21-17/h4-11,21H,1-3H3. The predicted octanol–water partition coefficient (Wildman–Crippen LogP) is 5.44. The van der Waals surface area contributed by atoms with E-state index in [0.29, 0.717) is 10.7 Å². The van der Waals surface area contributed by atoms with Gasteiger partial charge in [-0.25, -0.2) is 4.79 Å². The Morgan fingerprint density at radius 2 is 1.78 bits per heavy atom. The molecule has 0 bridgehead atoms. The van der Waals surface area contributed by atoms with E-state index >= 15 is 0 Å². The Morgan fingerprint density at radius 3 is 2.43 bits per heavy atom. The Labute approximate surface area is 140 Å². The molecular formula is C19H18ClNO2. The Morgan fingerprint density at radius 1 is 1.09 bits per heavy atom. The lowest BCUT2D eigenvalue weighted by Crippen LogP contribution is -2.24. The van der Waals surface area contributed by atoms with E-state index in [2.05, 4.69) is 4.98 Å². The van der Waals surface area contributed by atoms with Crippen molar-refractivity contribution in [3.05, 3.63) is 59.2 Å². The number of nitrogens with one attached hydrogen (secondary N) is 1. The zero-order valence-electron chi connectivity index (χ0n) is 13.3. The van der Waals surface area contributed by atoms with Crippen molar-refractivity contribution in [3.8, 4) is 11.1 Å². The van der Waals surface area contributed by atoms with Gasteiger partial charge in [0, 0.05) is 21.5 Å². The number of carbonyl (C=O) groups is 1. The van der Waals surface area contributed by atoms with E-state index in [0.717, 1.165) is 22.0 Å². The molecule has 1 aromatic heterocycles. The number of H-pyrrole nitrogens is 1. The Kier molecular flexibility index (Phi) is 3.90. The second-order valence-electron chi connectivity index (χ2n) is 6.43. The highest BCUT2D eigenvalue weighted by Gasteiger charge is 2.24. The topological polar surface area (TPSA) is 42.1 Å². The van der Waals surface area contributed by atoms with E-state index in [1.54, 1.807) is 6.07 Å². The van der Waals surface area contributed by atoms with Gasteiger partial charge in [-0.15, -0.1) is 0 Å². The second kappa shape index (κ2) is 5.74. The predicted molar refractivity (Wildman–Crippen MR) is 93.9 cm³/mol. The van der Waals surface area contributed by atoms with Crippen LogP contribution in [0.4, 0.5) is 0 Å². The molecule has 0 atom stereocenters. The van der Waals surface area contributed by atoms with Crippen LogP contribution < -0.4 is 0 Å². The molecular weight excluding hydrogens is 310 g/mol. The van der Waals surface area contributed by atoms with Gasteiger partial charge in [-0.3, -0.25) is 0 Å². The summed E-state index contributed by atoms with van der Waals surface area (Å²) in [6.07, 6.45) is 0. The lowest BCUT2D eigenvalue weighted by atomic mass is 10.0. The van der Waals surface area contributed by atoms with Crippen molar-refractivity contribution in [1.29, 1.82) is 0 Å². The number of aromatic amines is 1. The van der Waals surface area contributed by atoms with Crippen LogP contribution in [0.25, 0.3) is 22.0 Å². The molecule has 3 rings (SSSR count). The SMILES string of the molecule is CC(C)(C)OC(=O)c1[nH]c2ccc(Cl)cc2c1-c1ccccc1. The highest BCUT2D eigenvalue weighted by atomic mass is 35.5. The molecule has 0 saturated heterocycles. The molecule has 0 spiro atoms. The van der Waals surface area contributed by atoms with Gasteiger partial charge in [0.2, 0.25) is 0 Å². The Bertz CT molecular complexity index is 860. The number of fused-ring (bicyclic) bond motifs is 1. The maximum Gasteiger partial charge on any atom is 0.355 e. The van der Waals surface area contributed by atoms with E-state index in [4.69, 9.17) is 16.3 Å². The summed E-state index contributed by atoms with van der Waals surface area (Å²) in [7, 11) is 0. The van der Waals surface area contributed by atoms with Crippen LogP contribution in [0.5, 0.6) is 0 Å². The zero-order chi connectivity index (χ0) is 16.6. The van der Waals surface area contributed by atoms with Crippen molar-refractivity contribution in [1.82, 2.24) is 4.98 Å². The molecule has 0 aliphatic heterocycles. The van der Waals surface area contributed by atoms with Gasteiger partial charge in [0.05, 0.1) is 0 Å². The molecule has 0 amide bonds. The molecule has 0 radical (unpaired) electrons. The minimum absolute atomic E-state index is 0.372. The van der Waals surface area contributed by atoms with Crippen LogP contribution in [0, 0.1) is 0 Å². The lowest BCUT2D eigenvalue weighted by molar-refractivity contribution is 0.00648. The van der Waals surface area contributed by atoms with Gasteiger partial charge in [-0.1, -0.05) is 41.9 Å². The van der Waals surface area contributed by atoms with Crippen LogP contribution in [0.2, 0.25) is 5.02 Å². The second-order valence-corrected chi connectivity index (χ2v) is 6.87. The first-order chi connectivity index (χ1) is 10.8. The van der Waals surface area contributed by atoms with Crippen molar-refractivity contribution in [2.45, 2.75) is 26.4 Å². The van der Waals surface area contributed by atoms with Gasteiger partial charge in [-0.2, -0.15) is 0 Å². The Balaban J connectivity index is 2.23. The number of rotatable bonds is 2. The molecule has 4 heteroatoms. The lowest BCUT2D eigenvalue weighted by Gasteiger charge is -2.19. The quantitative estimate of drug-likeness (QED) is 0.636. The van der Waals surface area contributed by atoms with Crippen molar-refractivity contribution < 1.29 is 9.53 Å². The number of hydrogen-bond acceptors (Lipinski definition) is 2. The average molecular weight is 328 g/mol. The van der Waals surface area contributed by atoms with E-state index in [-0.39, 0.29) is 5.97 Å². The largest absolute Gasteiger partial charge is 0.455 e. The number of benzene rings is 2. The fraction of sp³-hybridized carbons (Fsp3) is 0.211. The van der Waals surface area contributed by atoms with Crippen LogP contribution in [0.3, 0.4) is 0 Å². The summed E-state index contributed by atoms with van der Waals surface area (Å²) in [5.74, 6) is -0.372. The van der Waals surface area contributed by atoms with Gasteiger partial charge in [-0.05, 0) is 44.5 Å². The van der Waals surface area contributed by atoms with E-state index in [1.165, 1.54) is 0 Å². The van der Waals surface area contributed by atoms with Crippen molar-refractivity contribution in [2.24, 2.45) is 0 Å². The molecule has 1 heterocycles. The first-order valence-corrected chi connectivity index (χ1v) is 7.83. The third-order valence-corrected chi connectivity index (χ3v) is 3.66. The van der Waals surface area contributed by atoms with Gasteiger partial charge in [0.15, 0.2) is 0 Å². The monoisotopic (exact) mass is 327 g/mol. The minimum atomic E-state index is -0.556. The van der Waals surface area contributed by atoms with Crippen molar-refractivity contribution in [2.75, 3.05) is 0 Å². The van der Waals surface area contributed by atoms with E-state index in [1.807, 2.05) is 63.2 Å². The summed E-state index contributed by atoms with van der Waals surface area (Å²) in [5, 5.41) is 1.54. The summed E-state index contributed by atoms with van der Waals surface area (Å²) in [6, 6.07) is 15.3. The third-order valence-electron chi connectivity index (χ3n) is 3.43. The molecule has 0 fully saturated rings. The smallest absolute Gasteiger partial charge is 0.355 e. The number of hydrogen-bond donors (Lipinski definition) is 1. The Hall–Kier alpha value is -2.26. The molecule has 2 aromatic carbocycles. The minimum Gasteiger partial charge on any atom is -0.455 e. The molecule has 1 N–H and O–H groups in total. The first-order valence-electron chi connectivity index (χ1n) is 7.45. The van der Waals surface area contributed by atoms with E-state index < -0.39 is 5.60 Å². The third kappa shape index (κ3) is 3.25. The maximum atomic E-state index is 12.6. The van der Waals surface area contributed by atoms with Crippen LogP contribution in [0.15, 0.2) is 48.5 Å². The van der Waals surface area contributed by atoms with Crippen molar-refractivity contribution >= 4 is 28.5 Å². The summed E-state index contributed by atoms with van der Waals surface area (Å²) >= 11 is 6.14. The molecule has 0 aliphatic rings. The normalized spacial score (nSPS) is 11.7. The molecule has 3 nitrogen and oxygen atoms in total. The number of aromatic nitrogens is 1. The summed E-state index contributed by atoms with van der Waals surface area (Å²) in [5.41, 5.74) is 2.51. The van der Waals surface area contributed by atoms with Gasteiger partial charge >= 0.3 is 5.97 Å². The summed E-state index contributed by atoms with van der Waals surface area (Å²) in [6.45, 7) is 5.56. The number of esters is 1. The first kappa shape index (κ1) is 15.6. The fourth-order valence-electron chi connectivity index (χ4n) is 2.55. The van der Waals surface area contributed by atoms with Crippen LogP contribution in [0.1, 0.15) is 31.3 Å². The molecule has 0 saturated carbocycles. The van der Waals surface area contributed by atoms with Gasteiger partial charge in [0.1, 0.15) is 11.3 Å². The molecule has 0 aliphatic carbocycles. The zero-order valence-corrected chi connectivity index (χ0v) is 14.1.